The minimum atomic E-state index is -0.604. The van der Waals surface area contributed by atoms with Crippen molar-refractivity contribution in [1.82, 2.24) is 19.5 Å². The second-order valence-electron chi connectivity index (χ2n) is 7.68. The van der Waals surface area contributed by atoms with E-state index in [1.807, 2.05) is 32.0 Å². The number of ether oxygens (including phenoxy) is 1. The number of halogens is 1. The lowest BCUT2D eigenvalue weighted by Crippen LogP contribution is -2.22. The lowest BCUT2D eigenvalue weighted by Gasteiger charge is -2.20. The van der Waals surface area contributed by atoms with E-state index < -0.39 is 5.97 Å². The number of hydrogen-bond donors (Lipinski definition) is 1. The van der Waals surface area contributed by atoms with Crippen LogP contribution >= 0.6 is 11.6 Å². The first kappa shape index (κ1) is 22.4. The van der Waals surface area contributed by atoms with Gasteiger partial charge < -0.3 is 10.1 Å². The molecule has 0 saturated carbocycles. The average molecular weight is 464 g/mol. The van der Waals surface area contributed by atoms with Gasteiger partial charge in [-0.25, -0.2) is 14.8 Å². The Kier molecular flexibility index (Phi) is 6.11. The number of esters is 1. The van der Waals surface area contributed by atoms with Gasteiger partial charge in [-0.3, -0.25) is 14.3 Å². The number of aryl methyl sites for hydroxylation is 1. The first-order chi connectivity index (χ1) is 15.8. The molecule has 0 bridgehead atoms. The number of nitrogens with one attached hydrogen (secondary N) is 1. The van der Waals surface area contributed by atoms with E-state index >= 15 is 0 Å². The maximum Gasteiger partial charge on any atom is 0.358 e. The number of fused-ring (bicyclic) bond motifs is 1. The van der Waals surface area contributed by atoms with Crippen LogP contribution in [-0.4, -0.2) is 32.6 Å². The molecule has 0 spiro atoms. The fourth-order valence-corrected chi connectivity index (χ4v) is 3.90. The highest BCUT2D eigenvalue weighted by atomic mass is 35.5. The van der Waals surface area contributed by atoms with E-state index in [-0.39, 0.29) is 22.4 Å². The molecule has 4 rings (SSSR count). The van der Waals surface area contributed by atoms with Crippen molar-refractivity contribution in [2.24, 2.45) is 7.05 Å². The van der Waals surface area contributed by atoms with Gasteiger partial charge in [0.15, 0.2) is 5.69 Å². The number of anilines is 1. The SMILES string of the molecule is COC(=O)c1nc(Cl)ccc1N[C@H](C)c1cc(C)cc2c(=O)n(C)c(-c3cccnc3)nc12. The molecular weight excluding hydrogens is 442 g/mol. The number of nitrogens with zero attached hydrogens (tertiary/aromatic N) is 4. The van der Waals surface area contributed by atoms with Crippen molar-refractivity contribution in [3.05, 3.63) is 81.1 Å². The van der Waals surface area contributed by atoms with Gasteiger partial charge in [0.1, 0.15) is 11.0 Å². The zero-order valence-electron chi connectivity index (χ0n) is 18.6. The summed E-state index contributed by atoms with van der Waals surface area (Å²) in [6.07, 6.45) is 3.34. The summed E-state index contributed by atoms with van der Waals surface area (Å²) in [4.78, 5) is 38.5. The van der Waals surface area contributed by atoms with Crippen LogP contribution in [0.5, 0.6) is 0 Å². The fraction of sp³-hybridized carbons (Fsp3) is 0.208. The van der Waals surface area contributed by atoms with Gasteiger partial charge in [-0.1, -0.05) is 17.7 Å². The predicted octanol–water partition coefficient (Wildman–Crippen LogP) is 4.31. The summed E-state index contributed by atoms with van der Waals surface area (Å²) >= 11 is 5.98. The number of carbonyl (C=O) groups is 1. The molecule has 0 aliphatic heterocycles. The van der Waals surface area contributed by atoms with Gasteiger partial charge >= 0.3 is 5.97 Å². The van der Waals surface area contributed by atoms with E-state index in [2.05, 4.69) is 15.3 Å². The first-order valence-corrected chi connectivity index (χ1v) is 10.6. The fourth-order valence-electron chi connectivity index (χ4n) is 3.75. The largest absolute Gasteiger partial charge is 0.464 e. The minimum Gasteiger partial charge on any atom is -0.464 e. The van der Waals surface area contributed by atoms with Gasteiger partial charge in [-0.2, -0.15) is 0 Å². The number of pyridine rings is 2. The minimum absolute atomic E-state index is 0.0775. The molecule has 1 aromatic carbocycles. The summed E-state index contributed by atoms with van der Waals surface area (Å²) < 4.78 is 6.37. The van der Waals surface area contributed by atoms with Crippen molar-refractivity contribution in [1.29, 1.82) is 0 Å². The summed E-state index contributed by atoms with van der Waals surface area (Å²) in [7, 11) is 2.98. The van der Waals surface area contributed by atoms with E-state index in [9.17, 15) is 9.59 Å². The molecule has 9 heteroatoms. The average Bonchev–Trinajstić information content (AvgIpc) is 2.82. The van der Waals surface area contributed by atoms with Gasteiger partial charge in [-0.15, -0.1) is 0 Å². The molecule has 0 saturated heterocycles. The van der Waals surface area contributed by atoms with Crippen molar-refractivity contribution in [3.8, 4) is 11.4 Å². The number of methoxy groups -OCH3 is 1. The van der Waals surface area contributed by atoms with Crippen LogP contribution in [0.1, 0.15) is 34.6 Å². The van der Waals surface area contributed by atoms with Crippen LogP contribution in [0.25, 0.3) is 22.3 Å². The molecule has 1 atom stereocenters. The molecule has 1 N–H and O–H groups in total. The van der Waals surface area contributed by atoms with Crippen LogP contribution in [0.3, 0.4) is 0 Å². The molecule has 168 valence electrons. The Bertz CT molecular complexity index is 1420. The molecule has 0 aliphatic rings. The number of aromatic nitrogens is 4. The maximum atomic E-state index is 13.2. The third-order valence-electron chi connectivity index (χ3n) is 5.35. The second-order valence-corrected chi connectivity index (χ2v) is 8.07. The summed E-state index contributed by atoms with van der Waals surface area (Å²) in [5.41, 5.74) is 3.42. The van der Waals surface area contributed by atoms with E-state index in [0.29, 0.717) is 22.4 Å². The normalized spacial score (nSPS) is 11.9. The number of benzene rings is 1. The van der Waals surface area contributed by atoms with Crippen molar-refractivity contribution >= 4 is 34.2 Å². The quantitative estimate of drug-likeness (QED) is 0.347. The molecule has 33 heavy (non-hydrogen) atoms. The third kappa shape index (κ3) is 4.29. The molecule has 0 radical (unpaired) electrons. The van der Waals surface area contributed by atoms with Crippen LogP contribution < -0.4 is 10.9 Å². The van der Waals surface area contributed by atoms with E-state index in [4.69, 9.17) is 21.3 Å². The number of hydrogen-bond acceptors (Lipinski definition) is 7. The second kappa shape index (κ2) is 8.99. The summed E-state index contributed by atoms with van der Waals surface area (Å²) in [6.45, 7) is 3.85. The van der Waals surface area contributed by atoms with Crippen LogP contribution in [0.15, 0.2) is 53.6 Å². The Balaban J connectivity index is 1.87. The molecule has 3 heterocycles. The van der Waals surface area contributed by atoms with Gasteiger partial charge in [0.25, 0.3) is 5.56 Å². The Morgan fingerprint density at radius 3 is 2.70 bits per heavy atom. The van der Waals surface area contributed by atoms with Crippen molar-refractivity contribution < 1.29 is 9.53 Å². The van der Waals surface area contributed by atoms with Gasteiger partial charge in [-0.05, 0) is 49.7 Å². The van der Waals surface area contributed by atoms with Crippen LogP contribution in [0, 0.1) is 6.92 Å². The van der Waals surface area contributed by atoms with Gasteiger partial charge in [0.2, 0.25) is 0 Å². The molecular formula is C24H22ClN5O3. The smallest absolute Gasteiger partial charge is 0.358 e. The molecule has 4 aromatic rings. The van der Waals surface area contributed by atoms with Crippen LogP contribution in [0.4, 0.5) is 5.69 Å². The monoisotopic (exact) mass is 463 g/mol. The zero-order valence-corrected chi connectivity index (χ0v) is 19.3. The zero-order chi connectivity index (χ0) is 23.7. The lowest BCUT2D eigenvalue weighted by molar-refractivity contribution is 0.0595. The molecule has 3 aromatic heterocycles. The van der Waals surface area contributed by atoms with Crippen LogP contribution in [0.2, 0.25) is 5.15 Å². The Morgan fingerprint density at radius 2 is 2.00 bits per heavy atom. The summed E-state index contributed by atoms with van der Waals surface area (Å²) in [5, 5.41) is 3.99. The Hall–Kier alpha value is -3.78. The van der Waals surface area contributed by atoms with Gasteiger partial charge in [0, 0.05) is 30.6 Å². The molecule has 0 fully saturated rings. The van der Waals surface area contributed by atoms with Gasteiger partial charge in [0.05, 0.1) is 29.7 Å². The highest BCUT2D eigenvalue weighted by Gasteiger charge is 2.20. The van der Waals surface area contributed by atoms with E-state index in [1.165, 1.54) is 11.7 Å². The summed E-state index contributed by atoms with van der Waals surface area (Å²) in [6, 6.07) is 10.4. The van der Waals surface area contributed by atoms with Crippen molar-refractivity contribution in [2.45, 2.75) is 19.9 Å². The number of rotatable bonds is 5. The topological polar surface area (TPSA) is 99.0 Å². The van der Waals surface area contributed by atoms with Crippen molar-refractivity contribution in [3.63, 3.8) is 0 Å². The van der Waals surface area contributed by atoms with E-state index in [0.717, 1.165) is 16.7 Å². The summed E-state index contributed by atoms with van der Waals surface area (Å²) in [5.74, 6) is -0.0894. The maximum absolute atomic E-state index is 13.2. The molecule has 0 aliphatic carbocycles. The lowest BCUT2D eigenvalue weighted by atomic mass is 10.0. The highest BCUT2D eigenvalue weighted by molar-refractivity contribution is 6.29. The molecule has 0 amide bonds. The Labute approximate surface area is 195 Å². The van der Waals surface area contributed by atoms with E-state index in [1.54, 1.807) is 37.6 Å². The standard InChI is InChI=1S/C24H22ClN5O3/c1-13-10-16(14(2)27-18-7-8-19(25)28-21(18)24(32)33-4)20-17(11-13)23(31)30(3)22(29-20)15-6-5-9-26-12-15/h5-12,14,27H,1-4H3/t14-/m1/s1. The first-order valence-electron chi connectivity index (χ1n) is 10.2. The molecule has 8 nitrogen and oxygen atoms in total. The third-order valence-corrected chi connectivity index (χ3v) is 5.56. The Morgan fingerprint density at radius 1 is 1.21 bits per heavy atom. The number of carbonyl (C=O) groups excluding carboxylic acids is 1. The van der Waals surface area contributed by atoms with Crippen molar-refractivity contribution in [2.75, 3.05) is 12.4 Å². The highest BCUT2D eigenvalue weighted by Crippen LogP contribution is 2.29. The predicted molar refractivity (Wildman–Crippen MR) is 128 cm³/mol. The molecule has 0 unspecified atom stereocenters. The van der Waals surface area contributed by atoms with Crippen LogP contribution in [-0.2, 0) is 11.8 Å².